The number of aromatic nitrogens is 5. The first kappa shape index (κ1) is 19.3. The maximum Gasteiger partial charge on any atom is 0.191 e. The number of tetrazole rings is 1. The van der Waals surface area contributed by atoms with Crippen LogP contribution in [0.25, 0.3) is 17.1 Å². The van der Waals surface area contributed by atoms with Crippen molar-refractivity contribution in [3.8, 4) is 17.1 Å². The van der Waals surface area contributed by atoms with Gasteiger partial charge < -0.3 is 5.73 Å². The van der Waals surface area contributed by atoms with E-state index in [0.29, 0.717) is 12.0 Å². The first-order chi connectivity index (χ1) is 13.0. The van der Waals surface area contributed by atoms with Gasteiger partial charge in [-0.2, -0.15) is 4.68 Å². The van der Waals surface area contributed by atoms with Crippen molar-refractivity contribution < 1.29 is 8.78 Å². The lowest BCUT2D eigenvalue weighted by Crippen LogP contribution is -2.09. The maximum atomic E-state index is 14.6. The van der Waals surface area contributed by atoms with E-state index < -0.39 is 11.6 Å². The number of pyridine rings is 1. The molecule has 0 amide bonds. The second-order valence-electron chi connectivity index (χ2n) is 6.09. The van der Waals surface area contributed by atoms with Crippen molar-refractivity contribution in [2.24, 2.45) is 0 Å². The minimum absolute atomic E-state index is 0.0782. The fraction of sp³-hybridized carbons (Fsp3) is 0.333. The van der Waals surface area contributed by atoms with Gasteiger partial charge in [-0.25, -0.2) is 13.8 Å². The molecule has 142 valence electrons. The van der Waals surface area contributed by atoms with Gasteiger partial charge in [0.2, 0.25) is 0 Å². The van der Waals surface area contributed by atoms with Gasteiger partial charge in [-0.05, 0) is 62.8 Å². The van der Waals surface area contributed by atoms with E-state index in [-0.39, 0.29) is 22.9 Å². The fourth-order valence-corrected chi connectivity index (χ4v) is 3.41. The third-order valence-corrected chi connectivity index (χ3v) is 5.07. The number of aryl methyl sites for hydroxylation is 1. The van der Waals surface area contributed by atoms with E-state index in [0.717, 1.165) is 34.0 Å². The highest BCUT2D eigenvalue weighted by atomic mass is 79.9. The second kappa shape index (κ2) is 8.08. The predicted octanol–water partition coefficient (Wildman–Crippen LogP) is 4.25. The van der Waals surface area contributed by atoms with Crippen molar-refractivity contribution in [2.45, 2.75) is 39.5 Å². The van der Waals surface area contributed by atoms with Crippen LogP contribution in [0.3, 0.4) is 0 Å². The summed E-state index contributed by atoms with van der Waals surface area (Å²) in [6.07, 6.45) is 4.63. The maximum absolute atomic E-state index is 14.6. The quantitative estimate of drug-likeness (QED) is 0.624. The molecule has 0 fully saturated rings. The molecule has 0 atom stereocenters. The number of hydrogen-bond acceptors (Lipinski definition) is 5. The molecule has 0 aliphatic rings. The molecule has 2 heterocycles. The standard InChI is InChI=1S/C18H19BrF2N6/c1-3-5-6-11-12(19)9-23-17(22)14(11)18-24-25-26-27(18)13-8-7-10(4-2)15(20)16(13)21/h7-9H,3-6H2,1-2H3,(H2,22,23). The van der Waals surface area contributed by atoms with E-state index in [1.54, 1.807) is 13.1 Å². The van der Waals surface area contributed by atoms with Gasteiger partial charge in [0.05, 0.1) is 5.56 Å². The smallest absolute Gasteiger partial charge is 0.191 e. The summed E-state index contributed by atoms with van der Waals surface area (Å²) in [5, 5.41) is 11.5. The summed E-state index contributed by atoms with van der Waals surface area (Å²) in [6.45, 7) is 3.84. The number of anilines is 1. The molecule has 0 saturated heterocycles. The summed E-state index contributed by atoms with van der Waals surface area (Å²) in [4.78, 5) is 4.16. The number of rotatable bonds is 6. The first-order valence-corrected chi connectivity index (χ1v) is 9.47. The Hall–Kier alpha value is -2.42. The van der Waals surface area contributed by atoms with E-state index in [2.05, 4.69) is 43.4 Å². The lowest BCUT2D eigenvalue weighted by molar-refractivity contribution is 0.492. The summed E-state index contributed by atoms with van der Waals surface area (Å²) in [7, 11) is 0. The van der Waals surface area contributed by atoms with Crippen molar-refractivity contribution in [3.05, 3.63) is 45.6 Å². The average molecular weight is 437 g/mol. The minimum Gasteiger partial charge on any atom is -0.383 e. The lowest BCUT2D eigenvalue weighted by atomic mass is 10.0. The topological polar surface area (TPSA) is 82.5 Å². The minimum atomic E-state index is -1.00. The van der Waals surface area contributed by atoms with Crippen LogP contribution in [-0.4, -0.2) is 25.2 Å². The molecule has 27 heavy (non-hydrogen) atoms. The van der Waals surface area contributed by atoms with Gasteiger partial charge in [-0.15, -0.1) is 5.10 Å². The van der Waals surface area contributed by atoms with Crippen LogP contribution in [0.4, 0.5) is 14.6 Å². The fourth-order valence-electron chi connectivity index (χ4n) is 2.91. The Morgan fingerprint density at radius 3 is 2.67 bits per heavy atom. The predicted molar refractivity (Wildman–Crippen MR) is 102 cm³/mol. The number of halogens is 3. The Morgan fingerprint density at radius 1 is 1.19 bits per heavy atom. The average Bonchev–Trinajstić information content (AvgIpc) is 3.13. The monoisotopic (exact) mass is 436 g/mol. The van der Waals surface area contributed by atoms with Crippen molar-refractivity contribution >= 4 is 21.7 Å². The second-order valence-corrected chi connectivity index (χ2v) is 6.94. The molecule has 3 rings (SSSR count). The first-order valence-electron chi connectivity index (χ1n) is 8.68. The number of nitrogens with two attached hydrogens (primary N) is 1. The molecule has 6 nitrogen and oxygen atoms in total. The highest BCUT2D eigenvalue weighted by Crippen LogP contribution is 2.34. The van der Waals surface area contributed by atoms with Crippen LogP contribution >= 0.6 is 15.9 Å². The van der Waals surface area contributed by atoms with Gasteiger partial charge in [0.1, 0.15) is 11.5 Å². The van der Waals surface area contributed by atoms with Crippen LogP contribution in [-0.2, 0) is 12.8 Å². The van der Waals surface area contributed by atoms with Crippen LogP contribution in [0.2, 0.25) is 0 Å². The lowest BCUT2D eigenvalue weighted by Gasteiger charge is -2.14. The molecular formula is C18H19BrF2N6. The van der Waals surface area contributed by atoms with Gasteiger partial charge in [0, 0.05) is 10.7 Å². The zero-order valence-electron chi connectivity index (χ0n) is 15.0. The van der Waals surface area contributed by atoms with Crippen molar-refractivity contribution in [3.63, 3.8) is 0 Å². The van der Waals surface area contributed by atoms with Gasteiger partial charge in [0.25, 0.3) is 0 Å². The molecule has 2 aromatic heterocycles. The van der Waals surface area contributed by atoms with Crippen LogP contribution < -0.4 is 5.73 Å². The summed E-state index contributed by atoms with van der Waals surface area (Å²) in [5.74, 6) is -1.45. The molecule has 9 heteroatoms. The van der Waals surface area contributed by atoms with E-state index in [1.165, 1.54) is 12.1 Å². The van der Waals surface area contributed by atoms with Crippen molar-refractivity contribution in [2.75, 3.05) is 5.73 Å². The molecule has 0 unspecified atom stereocenters. The van der Waals surface area contributed by atoms with Crippen LogP contribution in [0.5, 0.6) is 0 Å². The Labute approximate surface area is 163 Å². The zero-order chi connectivity index (χ0) is 19.6. The highest BCUT2D eigenvalue weighted by Gasteiger charge is 2.23. The molecule has 0 bridgehead atoms. The van der Waals surface area contributed by atoms with Crippen molar-refractivity contribution in [1.82, 2.24) is 25.2 Å². The SMILES string of the molecule is CCCCc1c(Br)cnc(N)c1-c1nnnn1-c1ccc(CC)c(F)c1F. The van der Waals surface area contributed by atoms with Crippen molar-refractivity contribution in [1.29, 1.82) is 0 Å². The molecule has 0 aliphatic carbocycles. The van der Waals surface area contributed by atoms with Crippen LogP contribution in [0.15, 0.2) is 22.8 Å². The van der Waals surface area contributed by atoms with Gasteiger partial charge >= 0.3 is 0 Å². The Bertz CT molecular complexity index is 973. The molecule has 2 N–H and O–H groups in total. The van der Waals surface area contributed by atoms with E-state index >= 15 is 0 Å². The van der Waals surface area contributed by atoms with Crippen LogP contribution in [0, 0.1) is 11.6 Å². The Balaban J connectivity index is 2.20. The van der Waals surface area contributed by atoms with Gasteiger partial charge in [-0.3, -0.25) is 0 Å². The largest absolute Gasteiger partial charge is 0.383 e. The zero-order valence-corrected chi connectivity index (χ0v) is 16.6. The molecular weight excluding hydrogens is 418 g/mol. The van der Waals surface area contributed by atoms with Gasteiger partial charge in [0.15, 0.2) is 17.5 Å². The number of nitrogens with zero attached hydrogens (tertiary/aromatic N) is 5. The number of nitrogen functional groups attached to an aromatic ring is 1. The molecule has 0 aliphatic heterocycles. The summed E-state index contributed by atoms with van der Waals surface area (Å²) < 4.78 is 30.8. The molecule has 3 aromatic rings. The number of hydrogen-bond donors (Lipinski definition) is 1. The molecule has 0 saturated carbocycles. The molecule has 0 radical (unpaired) electrons. The number of unbranched alkanes of at least 4 members (excludes halogenated alkanes) is 1. The Kier molecular flexibility index (Phi) is 5.79. The third kappa shape index (κ3) is 3.55. The summed E-state index contributed by atoms with van der Waals surface area (Å²) in [5.41, 5.74) is 7.71. The normalized spacial score (nSPS) is 11.1. The Morgan fingerprint density at radius 2 is 1.96 bits per heavy atom. The van der Waals surface area contributed by atoms with Crippen LogP contribution in [0.1, 0.15) is 37.8 Å². The molecule has 0 spiro atoms. The van der Waals surface area contributed by atoms with E-state index in [4.69, 9.17) is 5.73 Å². The summed E-state index contributed by atoms with van der Waals surface area (Å²) in [6, 6.07) is 2.99. The van der Waals surface area contributed by atoms with E-state index in [1.807, 2.05) is 0 Å². The number of benzene rings is 1. The molecule has 1 aromatic carbocycles. The summed E-state index contributed by atoms with van der Waals surface area (Å²) >= 11 is 3.49. The highest BCUT2D eigenvalue weighted by molar-refractivity contribution is 9.10. The van der Waals surface area contributed by atoms with E-state index in [9.17, 15) is 8.78 Å². The van der Waals surface area contributed by atoms with Gasteiger partial charge in [-0.1, -0.05) is 26.3 Å². The third-order valence-electron chi connectivity index (χ3n) is 4.39.